The molecule has 1 aliphatic carbocycles. The number of phosphoric acid groups is 2. The van der Waals surface area contributed by atoms with E-state index < -0.39 is 46.8 Å². The number of hydrogen-bond acceptors (Lipinski definition) is 14. The molecule has 442 valence electrons. The van der Waals surface area contributed by atoms with E-state index in [-0.39, 0.29) is 52.1 Å². The number of carbonyl (C=O) groups is 2. The van der Waals surface area contributed by atoms with E-state index in [4.69, 9.17) is 15.0 Å². The van der Waals surface area contributed by atoms with Gasteiger partial charge in [0.2, 0.25) is 17.2 Å². The van der Waals surface area contributed by atoms with Gasteiger partial charge in [0, 0.05) is 85.8 Å². The number of aliphatic hydroxyl groups is 1. The Hall–Kier alpha value is -5.64. The van der Waals surface area contributed by atoms with Crippen molar-refractivity contribution in [2.45, 2.75) is 154 Å². The first-order chi connectivity index (χ1) is 38.9. The Balaban J connectivity index is 0.775. The molecule has 3 aromatic carbocycles. The van der Waals surface area contributed by atoms with Gasteiger partial charge in [0.05, 0.1) is 6.61 Å². The van der Waals surface area contributed by atoms with Crippen LogP contribution in [0.1, 0.15) is 161 Å². The third-order valence-electron chi connectivity index (χ3n) is 17.3. The summed E-state index contributed by atoms with van der Waals surface area (Å²) in [6.07, 6.45) is 3.59. The highest BCUT2D eigenvalue weighted by Crippen LogP contribution is 2.51. The lowest BCUT2D eigenvalue weighted by molar-refractivity contribution is -0.121. The average Bonchev–Trinajstić information content (AvgIpc) is 1.80. The lowest BCUT2D eigenvalue weighted by Crippen LogP contribution is -2.50. The van der Waals surface area contributed by atoms with Crippen LogP contribution in [0.2, 0.25) is 0 Å². The third-order valence-corrected chi connectivity index (χ3v) is 18.3. The zero-order valence-electron chi connectivity index (χ0n) is 47.9. The molecule has 1 saturated heterocycles. The standard InChI is InChI=1S/C58H78N10O12P2/c1-8-67-43-30-42-40(29-39(43)34(2)31-57(67,3)4)46(41-28-35-18-15-26-66-27-16-21-38(49(35)66)47(41)58(42,5)6)36-19-11-12-20-37(36)54(71)65(7)25-17-22-45(69)60-23-13-9-10-14-24-61-56-64-48-52(59)62-33-63-53(48)68(56)55-50(70)51(80-82(75,76)77)44(79-55)32-78-81(72,73)74/h11-12,19-20,28-30,33-34,44,50-51,55,59,70H,8-10,13-18,21-27,31-32H2,1-7H3,(H6,60,69,71,72,73,74,75,76,77)/p+1/t34?,44-,50-,51-,55-/m1/s1. The summed E-state index contributed by atoms with van der Waals surface area (Å²) in [5.74, 6) is 0.298. The highest BCUT2D eigenvalue weighted by Gasteiger charge is 2.50. The molecule has 10 rings (SSSR count). The van der Waals surface area contributed by atoms with Gasteiger partial charge in [-0.3, -0.25) is 23.2 Å². The van der Waals surface area contributed by atoms with Crippen LogP contribution in [-0.2, 0) is 46.0 Å². The maximum atomic E-state index is 14.8. The maximum Gasteiger partial charge on any atom is 0.470 e. The molecule has 9 N–H and O–H groups in total. The summed E-state index contributed by atoms with van der Waals surface area (Å²) in [4.78, 5) is 82.8. The predicted molar refractivity (Wildman–Crippen MR) is 311 cm³/mol. The minimum atomic E-state index is -5.23. The number of imidazole rings is 1. The largest absolute Gasteiger partial charge is 0.470 e. The molecule has 1 fully saturated rings. The van der Waals surface area contributed by atoms with Crippen molar-refractivity contribution in [1.29, 1.82) is 0 Å². The topological polar surface area (TPSA) is 300 Å². The number of phosphoric ester groups is 2. The molecule has 0 saturated carbocycles. The van der Waals surface area contributed by atoms with Gasteiger partial charge in [0.1, 0.15) is 37.7 Å². The molecule has 2 aromatic heterocycles. The number of nitrogens with two attached hydrogens (primary N) is 1. The Morgan fingerprint density at radius 2 is 1.68 bits per heavy atom. The Labute approximate surface area is 477 Å². The number of aromatic nitrogens is 4. The fraction of sp³-hybridized carbons (Fsp3) is 0.552. The van der Waals surface area contributed by atoms with Gasteiger partial charge in [-0.25, -0.2) is 28.7 Å². The number of nitrogen functional groups attached to an aromatic ring is 1. The number of rotatable bonds is 21. The molecule has 22 nitrogen and oxygen atoms in total. The SMILES string of the molecule is CCN1c2cc3c(cc2C(C)CC1(C)C)C(c1ccccc1C(=O)N(C)CCCC(=O)NCCCCCCNc1nc2c(N)ncnc2n1[C@@H]1O[C@H](COP(=O)(O)O)[C@@H](OP(=O)(O)O)[C@H]1O)=c1cc2c4c(c1C3(C)C)CCC[N+]=4CCC2. The highest BCUT2D eigenvalue weighted by atomic mass is 31.2. The molecule has 24 heteroatoms. The molecular weight excluding hydrogens is 1090 g/mol. The molecule has 5 aromatic rings. The molecule has 0 radical (unpaired) electrons. The molecule has 5 aliphatic rings. The average molecular weight is 1170 g/mol. The second kappa shape index (κ2) is 23.4. The number of aliphatic hydroxyl groups excluding tert-OH is 1. The Bertz CT molecular complexity index is 3520. The minimum absolute atomic E-state index is 0.00213. The number of benzene rings is 3. The van der Waals surface area contributed by atoms with E-state index in [2.05, 4.69) is 111 Å². The van der Waals surface area contributed by atoms with Crippen LogP contribution >= 0.6 is 15.6 Å². The van der Waals surface area contributed by atoms with Crippen LogP contribution in [0.5, 0.6) is 0 Å². The molecule has 2 amide bonds. The van der Waals surface area contributed by atoms with Crippen LogP contribution in [0.15, 0.2) is 48.8 Å². The molecule has 4 aliphatic heterocycles. The number of unbranched alkanes of at least 4 members (excludes halogenated alkanes) is 3. The summed E-state index contributed by atoms with van der Waals surface area (Å²) in [6.45, 7) is 17.6. The molecule has 0 spiro atoms. The lowest BCUT2D eigenvalue weighted by Gasteiger charge is -2.48. The van der Waals surface area contributed by atoms with E-state index in [9.17, 15) is 43.4 Å². The van der Waals surface area contributed by atoms with Crippen molar-refractivity contribution >= 4 is 61.7 Å². The summed E-state index contributed by atoms with van der Waals surface area (Å²) in [5.41, 5.74) is 18.3. The first-order valence-corrected chi connectivity index (χ1v) is 31.8. The summed E-state index contributed by atoms with van der Waals surface area (Å²) < 4.78 is 42.4. The number of ether oxygens (including phenoxy) is 1. The van der Waals surface area contributed by atoms with E-state index >= 15 is 0 Å². The Morgan fingerprint density at radius 1 is 0.951 bits per heavy atom. The number of nitrogens with zero attached hydrogens (tertiary/aromatic N) is 7. The monoisotopic (exact) mass is 1170 g/mol. The van der Waals surface area contributed by atoms with E-state index in [1.54, 1.807) is 4.90 Å². The van der Waals surface area contributed by atoms with Gasteiger partial charge in [0.25, 0.3) is 5.91 Å². The van der Waals surface area contributed by atoms with Gasteiger partial charge in [0.15, 0.2) is 23.2 Å². The molecule has 82 heavy (non-hydrogen) atoms. The second-order valence-corrected chi connectivity index (χ2v) is 26.2. The van der Waals surface area contributed by atoms with E-state index in [1.807, 2.05) is 19.2 Å². The minimum Gasteiger partial charge on any atom is -0.386 e. The predicted octanol–water partition coefficient (Wildman–Crippen LogP) is 5.28. The van der Waals surface area contributed by atoms with Gasteiger partial charge < -0.3 is 55.6 Å². The zero-order valence-corrected chi connectivity index (χ0v) is 49.7. The summed E-state index contributed by atoms with van der Waals surface area (Å²) in [5, 5.41) is 20.2. The van der Waals surface area contributed by atoms with Crippen LogP contribution in [-0.4, -0.2) is 138 Å². The van der Waals surface area contributed by atoms with Crippen LogP contribution in [0, 0.1) is 0 Å². The van der Waals surface area contributed by atoms with Crippen LogP contribution in [0.25, 0.3) is 16.7 Å². The molecule has 6 heterocycles. The van der Waals surface area contributed by atoms with Gasteiger partial charge in [-0.2, -0.15) is 0 Å². The number of aryl methyl sites for hydroxylation is 1. The van der Waals surface area contributed by atoms with E-state index in [1.165, 1.54) is 54.2 Å². The maximum absolute atomic E-state index is 14.8. The van der Waals surface area contributed by atoms with Crippen LogP contribution in [0.4, 0.5) is 17.5 Å². The smallest absolute Gasteiger partial charge is 0.386 e. The molecule has 5 atom stereocenters. The molecular formula is C58H79N10O12P2+. The van der Waals surface area contributed by atoms with Crippen molar-refractivity contribution in [2.24, 2.45) is 0 Å². The van der Waals surface area contributed by atoms with E-state index in [0.717, 1.165) is 82.0 Å². The fourth-order valence-corrected chi connectivity index (χ4v) is 14.7. The quantitative estimate of drug-likeness (QED) is 0.0263. The Kier molecular flexibility index (Phi) is 17.0. The van der Waals surface area contributed by atoms with Crippen molar-refractivity contribution in [2.75, 3.05) is 68.9 Å². The molecule has 1 unspecified atom stereocenters. The van der Waals surface area contributed by atoms with Crippen LogP contribution < -0.4 is 36.4 Å². The summed E-state index contributed by atoms with van der Waals surface area (Å²) >= 11 is 0. The number of nitrogens with one attached hydrogen (secondary N) is 2. The van der Waals surface area contributed by atoms with Gasteiger partial charge in [-0.15, -0.1) is 0 Å². The highest BCUT2D eigenvalue weighted by molar-refractivity contribution is 7.46. The first-order valence-electron chi connectivity index (χ1n) is 28.8. The van der Waals surface area contributed by atoms with Crippen molar-refractivity contribution < 1.29 is 57.2 Å². The number of carbonyl (C=O) groups excluding carboxylic acids is 2. The lowest BCUT2D eigenvalue weighted by atomic mass is 9.64. The molecule has 0 bridgehead atoms. The van der Waals surface area contributed by atoms with Crippen molar-refractivity contribution in [3.8, 4) is 0 Å². The van der Waals surface area contributed by atoms with E-state index in [0.29, 0.717) is 50.4 Å². The zero-order chi connectivity index (χ0) is 58.6. The summed E-state index contributed by atoms with van der Waals surface area (Å²) in [6, 6.07) is 15.6. The second-order valence-electron chi connectivity index (χ2n) is 23.8. The van der Waals surface area contributed by atoms with Gasteiger partial charge >= 0.3 is 15.6 Å². The van der Waals surface area contributed by atoms with Crippen molar-refractivity contribution in [1.82, 2.24) is 34.3 Å². The fourth-order valence-electron chi connectivity index (χ4n) is 13.8. The van der Waals surface area contributed by atoms with Gasteiger partial charge in [-0.05, 0) is 128 Å². The van der Waals surface area contributed by atoms with Gasteiger partial charge in [-0.1, -0.05) is 51.8 Å². The van der Waals surface area contributed by atoms with Crippen molar-refractivity contribution in [3.63, 3.8) is 0 Å². The van der Waals surface area contributed by atoms with Crippen LogP contribution in [0.3, 0.4) is 0 Å². The normalized spacial score (nSPS) is 21.7. The third kappa shape index (κ3) is 11.8. The number of fused-ring (bicyclic) bond motifs is 5. The number of amides is 2. The number of hydrogen-bond donors (Lipinski definition) is 8. The summed E-state index contributed by atoms with van der Waals surface area (Å²) in [7, 11) is -8.46. The Morgan fingerprint density at radius 3 is 2.41 bits per heavy atom. The van der Waals surface area contributed by atoms with Crippen molar-refractivity contribution in [3.05, 3.63) is 104 Å². The first kappa shape index (κ1) is 59.5. The number of anilines is 3.